The number of hydrogen-bond acceptors (Lipinski definition) is 7. The lowest BCUT2D eigenvalue weighted by Gasteiger charge is -2.35. The highest BCUT2D eigenvalue weighted by atomic mass is 32.1. The second-order valence-electron chi connectivity index (χ2n) is 8.68. The van der Waals surface area contributed by atoms with E-state index in [0.717, 1.165) is 61.7 Å². The molecule has 1 saturated heterocycles. The molecule has 2 N–H and O–H groups in total. The number of aryl methyl sites for hydroxylation is 1. The Balaban J connectivity index is 1.15. The Hall–Kier alpha value is -1.74. The van der Waals surface area contributed by atoms with Crippen molar-refractivity contribution in [3.63, 3.8) is 0 Å². The molecule has 1 aromatic heterocycles. The van der Waals surface area contributed by atoms with Gasteiger partial charge in [0.25, 0.3) is 0 Å². The summed E-state index contributed by atoms with van der Waals surface area (Å²) in [4.78, 5) is 21.3. The second-order valence-corrected chi connectivity index (χ2v) is 9.80. The molecule has 1 saturated carbocycles. The molecule has 2 aromatic rings. The molecule has 7 nitrogen and oxygen atoms in total. The van der Waals surface area contributed by atoms with Crippen molar-refractivity contribution in [2.45, 2.75) is 51.2 Å². The summed E-state index contributed by atoms with van der Waals surface area (Å²) in [5.74, 6) is 0.898. The number of carbonyl (C=O) groups is 1. The summed E-state index contributed by atoms with van der Waals surface area (Å²) in [7, 11) is 0. The van der Waals surface area contributed by atoms with Gasteiger partial charge >= 0.3 is 0 Å². The normalized spacial score (nSPS) is 19.7. The number of carbonyl (C=O) groups excluding carboxylic acids is 1. The van der Waals surface area contributed by atoms with E-state index in [1.807, 2.05) is 18.2 Å². The summed E-state index contributed by atoms with van der Waals surface area (Å²) >= 11 is 1.71. The van der Waals surface area contributed by atoms with E-state index < -0.39 is 6.10 Å². The number of fused-ring (bicyclic) bond motifs is 1. The second kappa shape index (κ2) is 10.7. The van der Waals surface area contributed by atoms with Gasteiger partial charge in [-0.25, -0.2) is 4.98 Å². The molecule has 1 aliphatic heterocycles. The molecule has 2 fully saturated rings. The van der Waals surface area contributed by atoms with Crippen LogP contribution in [0.4, 0.5) is 0 Å². The van der Waals surface area contributed by atoms with Crippen LogP contribution in [0.5, 0.6) is 5.75 Å². The van der Waals surface area contributed by atoms with Gasteiger partial charge in [0.1, 0.15) is 18.5 Å². The number of hydrogen-bond donors (Lipinski definition) is 2. The number of rotatable bonds is 9. The molecule has 4 rings (SSSR count). The van der Waals surface area contributed by atoms with Crippen molar-refractivity contribution in [1.82, 2.24) is 20.1 Å². The van der Waals surface area contributed by atoms with Gasteiger partial charge in [0.2, 0.25) is 5.91 Å². The molecule has 1 atom stereocenters. The molecule has 0 bridgehead atoms. The Morgan fingerprint density at radius 3 is 2.74 bits per heavy atom. The zero-order valence-electron chi connectivity index (χ0n) is 18.4. The topological polar surface area (TPSA) is 77.9 Å². The number of benzene rings is 1. The molecule has 31 heavy (non-hydrogen) atoms. The summed E-state index contributed by atoms with van der Waals surface area (Å²) in [5.41, 5.74) is 0.960. The van der Waals surface area contributed by atoms with Gasteiger partial charge in [0, 0.05) is 44.8 Å². The van der Waals surface area contributed by atoms with Crippen molar-refractivity contribution in [2.75, 3.05) is 45.9 Å². The van der Waals surface area contributed by atoms with Crippen LogP contribution in [-0.2, 0) is 11.2 Å². The van der Waals surface area contributed by atoms with Crippen molar-refractivity contribution in [2.24, 2.45) is 0 Å². The van der Waals surface area contributed by atoms with Crippen LogP contribution >= 0.6 is 11.3 Å². The third-order valence-electron chi connectivity index (χ3n) is 6.17. The predicted molar refractivity (Wildman–Crippen MR) is 124 cm³/mol. The number of β-amino-alcohol motifs (C(OH)–C–C–N with tert-alkyl or cyclic N) is 1. The van der Waals surface area contributed by atoms with E-state index in [-0.39, 0.29) is 12.5 Å². The van der Waals surface area contributed by atoms with Gasteiger partial charge in [-0.3, -0.25) is 14.6 Å². The summed E-state index contributed by atoms with van der Waals surface area (Å²) < 4.78 is 6.99. The van der Waals surface area contributed by atoms with Crippen LogP contribution in [-0.4, -0.2) is 83.8 Å². The minimum atomic E-state index is -0.547. The van der Waals surface area contributed by atoms with E-state index in [1.54, 1.807) is 11.3 Å². The van der Waals surface area contributed by atoms with Gasteiger partial charge in [0.15, 0.2) is 0 Å². The fourth-order valence-electron chi connectivity index (χ4n) is 4.42. The fourth-order valence-corrected chi connectivity index (χ4v) is 5.30. The molecular weight excluding hydrogens is 412 g/mol. The summed E-state index contributed by atoms with van der Waals surface area (Å²) in [6, 6.07) is 6.32. The first-order valence-electron chi connectivity index (χ1n) is 11.5. The quantitative estimate of drug-likeness (QED) is 0.615. The first kappa shape index (κ1) is 22.5. The van der Waals surface area contributed by atoms with Crippen LogP contribution in [0.1, 0.15) is 37.6 Å². The van der Waals surface area contributed by atoms with Crippen molar-refractivity contribution in [3.8, 4) is 5.75 Å². The van der Waals surface area contributed by atoms with Gasteiger partial charge in [0.05, 0.1) is 21.8 Å². The maximum atomic E-state index is 12.2. The minimum Gasteiger partial charge on any atom is -0.491 e. The molecule has 2 aliphatic rings. The van der Waals surface area contributed by atoms with E-state index in [0.29, 0.717) is 19.1 Å². The molecule has 2 heterocycles. The standard InChI is InChI=1S/C23H34N4O3S/c1-2-23-25-20-13-19(7-8-21(20)31-23)30-16-18(28)14-26-9-11-27(12-10-26)15-22(29)24-17-5-3-4-6-17/h7-8,13,17-18,28H,2-6,9-12,14-16H2,1H3,(H,24,29). The Morgan fingerprint density at radius 1 is 1.26 bits per heavy atom. The zero-order valence-corrected chi connectivity index (χ0v) is 19.2. The molecular formula is C23H34N4O3S. The first-order valence-corrected chi connectivity index (χ1v) is 12.3. The average molecular weight is 447 g/mol. The highest BCUT2D eigenvalue weighted by molar-refractivity contribution is 7.18. The van der Waals surface area contributed by atoms with E-state index in [2.05, 4.69) is 27.0 Å². The number of nitrogens with zero attached hydrogens (tertiary/aromatic N) is 3. The smallest absolute Gasteiger partial charge is 0.234 e. The molecule has 1 aromatic carbocycles. The molecule has 1 aliphatic carbocycles. The fraction of sp³-hybridized carbons (Fsp3) is 0.652. The van der Waals surface area contributed by atoms with E-state index in [1.165, 1.54) is 17.5 Å². The number of ether oxygens (including phenoxy) is 1. The van der Waals surface area contributed by atoms with Crippen molar-refractivity contribution < 1.29 is 14.6 Å². The summed E-state index contributed by atoms with van der Waals surface area (Å²) in [6.45, 7) is 6.86. The number of aliphatic hydroxyl groups is 1. The molecule has 8 heteroatoms. The Morgan fingerprint density at radius 2 is 2.00 bits per heavy atom. The number of aliphatic hydroxyl groups excluding tert-OH is 1. The van der Waals surface area contributed by atoms with Crippen LogP contribution < -0.4 is 10.1 Å². The molecule has 0 radical (unpaired) electrons. The van der Waals surface area contributed by atoms with E-state index >= 15 is 0 Å². The molecule has 1 unspecified atom stereocenters. The Bertz CT molecular complexity index is 860. The Kier molecular flexibility index (Phi) is 7.76. The Labute approximate surface area is 188 Å². The molecule has 1 amide bonds. The van der Waals surface area contributed by atoms with Gasteiger partial charge < -0.3 is 15.2 Å². The predicted octanol–water partition coefficient (Wildman–Crippen LogP) is 2.27. The number of nitrogens with one attached hydrogen (secondary N) is 1. The molecule has 170 valence electrons. The third kappa shape index (κ3) is 6.38. The lowest BCUT2D eigenvalue weighted by atomic mass is 10.2. The first-order chi connectivity index (χ1) is 15.1. The van der Waals surface area contributed by atoms with Crippen LogP contribution in [0, 0.1) is 0 Å². The lowest BCUT2D eigenvalue weighted by Crippen LogP contribution is -2.52. The third-order valence-corrected chi connectivity index (χ3v) is 7.35. The number of amides is 1. The highest BCUT2D eigenvalue weighted by Gasteiger charge is 2.23. The summed E-state index contributed by atoms with van der Waals surface area (Å²) in [5, 5.41) is 14.7. The van der Waals surface area contributed by atoms with Gasteiger partial charge in [-0.1, -0.05) is 19.8 Å². The van der Waals surface area contributed by atoms with Crippen molar-refractivity contribution in [1.29, 1.82) is 0 Å². The van der Waals surface area contributed by atoms with Gasteiger partial charge in [-0.2, -0.15) is 0 Å². The zero-order chi connectivity index (χ0) is 21.6. The SMILES string of the molecule is CCc1nc2cc(OCC(O)CN3CCN(CC(=O)NC4CCCC4)CC3)ccc2s1. The summed E-state index contributed by atoms with van der Waals surface area (Å²) in [6.07, 6.45) is 5.10. The van der Waals surface area contributed by atoms with Gasteiger partial charge in [-0.15, -0.1) is 11.3 Å². The van der Waals surface area contributed by atoms with E-state index in [9.17, 15) is 9.90 Å². The van der Waals surface area contributed by atoms with Crippen LogP contribution in [0.15, 0.2) is 18.2 Å². The monoisotopic (exact) mass is 446 g/mol. The average Bonchev–Trinajstić information content (AvgIpc) is 3.42. The number of thiazole rings is 1. The van der Waals surface area contributed by atoms with Crippen LogP contribution in [0.2, 0.25) is 0 Å². The molecule has 0 spiro atoms. The van der Waals surface area contributed by atoms with E-state index in [4.69, 9.17) is 4.74 Å². The number of piperazine rings is 1. The van der Waals surface area contributed by atoms with Gasteiger partial charge in [-0.05, 0) is 31.4 Å². The minimum absolute atomic E-state index is 0.150. The lowest BCUT2D eigenvalue weighted by molar-refractivity contribution is -0.123. The van der Waals surface area contributed by atoms with Crippen LogP contribution in [0.3, 0.4) is 0 Å². The largest absolute Gasteiger partial charge is 0.491 e. The van der Waals surface area contributed by atoms with Crippen molar-refractivity contribution in [3.05, 3.63) is 23.2 Å². The number of aromatic nitrogens is 1. The highest BCUT2D eigenvalue weighted by Crippen LogP contribution is 2.26. The van der Waals surface area contributed by atoms with Crippen molar-refractivity contribution >= 4 is 27.5 Å². The van der Waals surface area contributed by atoms with Crippen LogP contribution in [0.25, 0.3) is 10.2 Å². The maximum Gasteiger partial charge on any atom is 0.234 e. The maximum absolute atomic E-state index is 12.2.